The fraction of sp³-hybridized carbons (Fsp3) is 0.545. The molecule has 0 radical (unpaired) electrons. The van der Waals surface area contributed by atoms with Crippen LogP contribution in [0.25, 0.3) is 0 Å². The lowest BCUT2D eigenvalue weighted by atomic mass is 10.3. The molecule has 3 rings (SSSR count). The molecule has 1 aromatic heterocycles. The van der Waals surface area contributed by atoms with Crippen LogP contribution in [-0.4, -0.2) is 34.4 Å². The molecule has 1 amide bonds. The van der Waals surface area contributed by atoms with Crippen molar-refractivity contribution in [3.8, 4) is 6.07 Å². The van der Waals surface area contributed by atoms with Crippen molar-refractivity contribution in [1.82, 2.24) is 9.27 Å². The molecule has 1 aromatic rings. The number of carbonyl (C=O) groups is 1. The average molecular weight is 248 g/mol. The number of aryl methyl sites for hydroxylation is 1. The van der Waals surface area contributed by atoms with Crippen LogP contribution in [-0.2, 0) is 4.79 Å². The number of anilines is 1. The molecular formula is C11H12N4OS. The van der Waals surface area contributed by atoms with E-state index in [9.17, 15) is 4.79 Å². The Bertz CT molecular complexity index is 514. The Morgan fingerprint density at radius 3 is 2.94 bits per heavy atom. The van der Waals surface area contributed by atoms with Crippen LogP contribution >= 0.6 is 11.5 Å². The van der Waals surface area contributed by atoms with Crippen LogP contribution in [0.1, 0.15) is 24.1 Å². The van der Waals surface area contributed by atoms with Gasteiger partial charge in [-0.15, -0.1) is 0 Å². The van der Waals surface area contributed by atoms with Crippen LogP contribution < -0.4 is 4.90 Å². The molecule has 0 atom stereocenters. The highest BCUT2D eigenvalue weighted by Crippen LogP contribution is 2.34. The van der Waals surface area contributed by atoms with Crippen molar-refractivity contribution in [1.29, 1.82) is 5.26 Å². The molecule has 2 heterocycles. The topological polar surface area (TPSA) is 60.2 Å². The van der Waals surface area contributed by atoms with Crippen LogP contribution in [0.15, 0.2) is 0 Å². The van der Waals surface area contributed by atoms with Gasteiger partial charge in [-0.05, 0) is 31.3 Å². The van der Waals surface area contributed by atoms with E-state index in [1.165, 1.54) is 11.5 Å². The number of carbonyl (C=O) groups excluding carboxylic acids is 1. The lowest BCUT2D eigenvalue weighted by Gasteiger charge is -2.17. The molecule has 0 spiro atoms. The number of rotatable bonds is 2. The maximum absolute atomic E-state index is 11.8. The highest BCUT2D eigenvalue weighted by molar-refractivity contribution is 7.10. The molecule has 2 aliphatic rings. The fourth-order valence-corrected chi connectivity index (χ4v) is 2.95. The predicted molar refractivity (Wildman–Crippen MR) is 63.6 cm³/mol. The summed E-state index contributed by atoms with van der Waals surface area (Å²) in [5.74, 6) is 0.169. The maximum atomic E-state index is 11.8. The third-order valence-corrected chi connectivity index (χ3v) is 4.20. The van der Waals surface area contributed by atoms with Gasteiger partial charge in [0.05, 0.1) is 18.9 Å². The first-order valence-corrected chi connectivity index (χ1v) is 6.39. The fourth-order valence-electron chi connectivity index (χ4n) is 2.11. The van der Waals surface area contributed by atoms with Crippen LogP contribution in [0.2, 0.25) is 0 Å². The van der Waals surface area contributed by atoms with Crippen LogP contribution in [0.5, 0.6) is 0 Å². The molecule has 17 heavy (non-hydrogen) atoms. The normalized spacial score (nSPS) is 19.9. The lowest BCUT2D eigenvalue weighted by molar-refractivity contribution is -0.127. The van der Waals surface area contributed by atoms with E-state index in [1.54, 1.807) is 0 Å². The Morgan fingerprint density at radius 1 is 1.53 bits per heavy atom. The first-order chi connectivity index (χ1) is 8.20. The highest BCUT2D eigenvalue weighted by atomic mass is 32.1. The van der Waals surface area contributed by atoms with Crippen LogP contribution in [0.3, 0.4) is 0 Å². The molecule has 1 saturated carbocycles. The molecule has 0 N–H and O–H groups in total. The van der Waals surface area contributed by atoms with E-state index in [4.69, 9.17) is 5.26 Å². The Labute approximate surface area is 103 Å². The minimum Gasteiger partial charge on any atom is -0.334 e. The van der Waals surface area contributed by atoms with Gasteiger partial charge in [0.1, 0.15) is 16.6 Å². The summed E-state index contributed by atoms with van der Waals surface area (Å²) in [5, 5.41) is 9.93. The van der Waals surface area contributed by atoms with E-state index in [1.807, 2.05) is 16.7 Å². The molecule has 1 aliphatic carbocycles. The molecule has 2 fully saturated rings. The van der Waals surface area contributed by atoms with E-state index in [2.05, 4.69) is 10.4 Å². The second-order valence-corrected chi connectivity index (χ2v) is 5.25. The Morgan fingerprint density at radius 2 is 2.29 bits per heavy atom. The molecule has 0 bridgehead atoms. The Kier molecular flexibility index (Phi) is 2.30. The quantitative estimate of drug-likeness (QED) is 0.786. The standard InChI is InChI=1S/C11H12N4OS/c1-7-9(4-12)11(17-13-7)14-5-10(16)15(6-14)8-2-3-8/h8H,2-3,5-6H2,1H3. The Balaban J connectivity index is 1.86. The molecule has 1 saturated heterocycles. The summed E-state index contributed by atoms with van der Waals surface area (Å²) in [7, 11) is 0. The number of hydrogen-bond acceptors (Lipinski definition) is 5. The van der Waals surface area contributed by atoms with Crippen molar-refractivity contribution >= 4 is 22.4 Å². The van der Waals surface area contributed by atoms with Crippen molar-refractivity contribution in [3.63, 3.8) is 0 Å². The maximum Gasteiger partial charge on any atom is 0.243 e. The van der Waals surface area contributed by atoms with Gasteiger partial charge >= 0.3 is 0 Å². The third-order valence-electron chi connectivity index (χ3n) is 3.20. The smallest absolute Gasteiger partial charge is 0.243 e. The SMILES string of the molecule is Cc1nsc(N2CC(=O)N(C3CC3)C2)c1C#N. The van der Waals surface area contributed by atoms with E-state index in [0.717, 1.165) is 23.5 Å². The van der Waals surface area contributed by atoms with Crippen molar-refractivity contribution in [3.05, 3.63) is 11.3 Å². The van der Waals surface area contributed by atoms with E-state index < -0.39 is 0 Å². The van der Waals surface area contributed by atoms with Gasteiger partial charge in [0, 0.05) is 6.04 Å². The summed E-state index contributed by atoms with van der Waals surface area (Å²) >= 11 is 1.31. The summed E-state index contributed by atoms with van der Waals surface area (Å²) in [6.07, 6.45) is 2.23. The zero-order chi connectivity index (χ0) is 12.0. The van der Waals surface area contributed by atoms with Gasteiger partial charge < -0.3 is 9.80 Å². The summed E-state index contributed by atoms with van der Waals surface area (Å²) in [4.78, 5) is 15.7. The molecule has 6 heteroatoms. The summed E-state index contributed by atoms with van der Waals surface area (Å²) < 4.78 is 4.19. The van der Waals surface area contributed by atoms with E-state index in [0.29, 0.717) is 24.8 Å². The molecule has 0 unspecified atom stereocenters. The zero-order valence-electron chi connectivity index (χ0n) is 9.51. The molecule has 5 nitrogen and oxygen atoms in total. The molecule has 1 aliphatic heterocycles. The Hall–Kier alpha value is -1.61. The monoisotopic (exact) mass is 248 g/mol. The van der Waals surface area contributed by atoms with Crippen molar-refractivity contribution in [2.45, 2.75) is 25.8 Å². The average Bonchev–Trinajstić information content (AvgIpc) is 2.98. The summed E-state index contributed by atoms with van der Waals surface area (Å²) in [5.41, 5.74) is 1.37. The number of nitriles is 1. The summed E-state index contributed by atoms with van der Waals surface area (Å²) in [6.45, 7) is 2.82. The second-order valence-electron chi connectivity index (χ2n) is 4.49. The van der Waals surface area contributed by atoms with Crippen LogP contribution in [0, 0.1) is 18.3 Å². The van der Waals surface area contributed by atoms with Crippen LogP contribution in [0.4, 0.5) is 5.00 Å². The number of hydrogen-bond donors (Lipinski definition) is 0. The van der Waals surface area contributed by atoms with Gasteiger partial charge in [0.25, 0.3) is 0 Å². The second kappa shape index (κ2) is 3.70. The van der Waals surface area contributed by atoms with Crippen molar-refractivity contribution in [2.75, 3.05) is 18.1 Å². The minimum absolute atomic E-state index is 0.169. The lowest BCUT2D eigenvalue weighted by Crippen LogP contribution is -2.29. The number of aromatic nitrogens is 1. The van der Waals surface area contributed by atoms with Gasteiger partial charge in [-0.1, -0.05) is 0 Å². The largest absolute Gasteiger partial charge is 0.334 e. The van der Waals surface area contributed by atoms with Gasteiger partial charge in [-0.2, -0.15) is 9.64 Å². The number of nitrogens with zero attached hydrogens (tertiary/aromatic N) is 4. The highest BCUT2D eigenvalue weighted by Gasteiger charge is 2.39. The summed E-state index contributed by atoms with van der Waals surface area (Å²) in [6, 6.07) is 2.61. The van der Waals surface area contributed by atoms with Crippen molar-refractivity contribution in [2.24, 2.45) is 0 Å². The molecular weight excluding hydrogens is 236 g/mol. The predicted octanol–water partition coefficient (Wildman–Crippen LogP) is 1.09. The number of amides is 1. The van der Waals surface area contributed by atoms with Gasteiger partial charge in [0.15, 0.2) is 0 Å². The van der Waals surface area contributed by atoms with E-state index in [-0.39, 0.29) is 5.91 Å². The molecule has 0 aromatic carbocycles. The first-order valence-electron chi connectivity index (χ1n) is 5.61. The zero-order valence-corrected chi connectivity index (χ0v) is 10.3. The van der Waals surface area contributed by atoms with Gasteiger partial charge in [-0.3, -0.25) is 4.79 Å². The molecule has 88 valence electrons. The van der Waals surface area contributed by atoms with Gasteiger partial charge in [0.2, 0.25) is 5.91 Å². The van der Waals surface area contributed by atoms with Gasteiger partial charge in [-0.25, -0.2) is 0 Å². The first kappa shape index (κ1) is 10.5. The minimum atomic E-state index is 0.169. The van der Waals surface area contributed by atoms with Crippen molar-refractivity contribution < 1.29 is 4.79 Å². The van der Waals surface area contributed by atoms with E-state index >= 15 is 0 Å². The third kappa shape index (κ3) is 1.67.